The van der Waals surface area contributed by atoms with Crippen LogP contribution in [0.3, 0.4) is 0 Å². The van der Waals surface area contributed by atoms with E-state index in [2.05, 4.69) is 27.7 Å². The summed E-state index contributed by atoms with van der Waals surface area (Å²) in [5, 5.41) is -7.04. The predicted octanol–water partition coefficient (Wildman–Crippen LogP) is 6.43. The largest absolute Gasteiger partial charge is 0.743 e. The maximum atomic E-state index is 13.2. The third-order valence-electron chi connectivity index (χ3n) is 5.67. The summed E-state index contributed by atoms with van der Waals surface area (Å²) >= 11 is 0. The molecule has 0 atom stereocenters. The zero-order chi connectivity index (χ0) is 27.9. The number of nitrogens with zero attached hydrogens (tertiary/aromatic N) is 1. The number of alkyl halides is 11. The zero-order valence-electron chi connectivity index (χ0n) is 19.1. The molecule has 0 saturated carbocycles. The van der Waals surface area contributed by atoms with Crippen LogP contribution in [0, 0.1) is 0 Å². The van der Waals surface area contributed by atoms with Crippen molar-refractivity contribution in [3.63, 3.8) is 0 Å². The summed E-state index contributed by atoms with van der Waals surface area (Å²) in [6, 6.07) is 0. The van der Waals surface area contributed by atoms with Gasteiger partial charge in [0.2, 0.25) is 0 Å². The summed E-state index contributed by atoms with van der Waals surface area (Å²) in [6.07, 6.45) is -11.1. The topological polar surface area (TPSA) is 57.2 Å². The monoisotopic (exact) mass is 549 g/mol. The van der Waals surface area contributed by atoms with E-state index in [1.807, 2.05) is 0 Å². The average Bonchev–Trinajstić information content (AvgIpc) is 2.68. The first-order valence-electron chi connectivity index (χ1n) is 10.3. The normalized spacial score (nSPS) is 14.6. The Balaban J connectivity index is 0. The molecule has 34 heavy (non-hydrogen) atoms. The van der Waals surface area contributed by atoms with Crippen molar-refractivity contribution in [1.82, 2.24) is 0 Å². The van der Waals surface area contributed by atoms with Crippen molar-refractivity contribution in [2.24, 2.45) is 0 Å². The number of halogens is 11. The molecule has 0 aromatic heterocycles. The average molecular weight is 549 g/mol. The van der Waals surface area contributed by atoms with Gasteiger partial charge < -0.3 is 9.04 Å². The molecule has 0 fully saturated rings. The Hall–Kier alpha value is -0.900. The van der Waals surface area contributed by atoms with Crippen molar-refractivity contribution in [3.8, 4) is 0 Å². The highest BCUT2D eigenvalue weighted by Gasteiger charge is 2.82. The fourth-order valence-corrected chi connectivity index (χ4v) is 3.36. The molecule has 0 unspecified atom stereocenters. The highest BCUT2D eigenvalue weighted by atomic mass is 32.2. The van der Waals surface area contributed by atoms with Crippen LogP contribution in [0.25, 0.3) is 0 Å². The second-order valence-electron chi connectivity index (χ2n) is 7.61. The first kappa shape index (κ1) is 35.3. The second-order valence-corrected chi connectivity index (χ2v) is 9.03. The molecule has 0 amide bonds. The third kappa shape index (κ3) is 8.64. The van der Waals surface area contributed by atoms with E-state index < -0.39 is 71.4 Å². The van der Waals surface area contributed by atoms with Gasteiger partial charge in [-0.3, -0.25) is 0 Å². The Labute approximate surface area is 191 Å². The second kappa shape index (κ2) is 12.4. The van der Waals surface area contributed by atoms with Crippen LogP contribution < -0.4 is 0 Å². The molecule has 0 N–H and O–H groups in total. The summed E-state index contributed by atoms with van der Waals surface area (Å²) in [4.78, 5) is 0. The minimum Gasteiger partial charge on any atom is -0.743 e. The van der Waals surface area contributed by atoms with Crippen molar-refractivity contribution in [2.45, 2.75) is 89.0 Å². The molecule has 0 aromatic carbocycles. The van der Waals surface area contributed by atoms with Crippen molar-refractivity contribution in [1.29, 1.82) is 0 Å². The molecule has 16 heteroatoms. The van der Waals surface area contributed by atoms with E-state index in [1.165, 1.54) is 30.7 Å². The van der Waals surface area contributed by atoms with E-state index in [0.29, 0.717) is 0 Å². The Kier molecular flexibility index (Phi) is 12.8. The molecule has 0 heterocycles. The predicted molar refractivity (Wildman–Crippen MR) is 101 cm³/mol. The molecule has 4 nitrogen and oxygen atoms in total. The number of unbranched alkanes of at least 4 members (excludes halogenated alkanes) is 2. The molecule has 0 aliphatic heterocycles. The molecule has 0 radical (unpaired) electrons. The minimum atomic E-state index is -7.42. The van der Waals surface area contributed by atoms with Crippen molar-refractivity contribution < 1.29 is 65.7 Å². The first-order valence-corrected chi connectivity index (χ1v) is 11.7. The summed E-state index contributed by atoms with van der Waals surface area (Å²) in [5.74, 6) is -20.1. The summed E-state index contributed by atoms with van der Waals surface area (Å²) in [6.45, 7) is 14.2. The van der Waals surface area contributed by atoms with Crippen LogP contribution in [0.1, 0.15) is 59.8 Å². The fourth-order valence-electron chi connectivity index (χ4n) is 2.92. The Morgan fingerprint density at radius 1 is 0.618 bits per heavy atom. The van der Waals surface area contributed by atoms with Gasteiger partial charge >= 0.3 is 29.2 Å². The number of hydrogen-bond donors (Lipinski definition) is 0. The maximum Gasteiger partial charge on any atom is 0.402 e. The van der Waals surface area contributed by atoms with Crippen molar-refractivity contribution >= 4 is 10.1 Å². The molecule has 0 aromatic rings. The molecule has 0 aliphatic carbocycles. The van der Waals surface area contributed by atoms with E-state index in [0.717, 1.165) is 0 Å². The highest BCUT2D eigenvalue weighted by molar-refractivity contribution is 7.86. The summed E-state index contributed by atoms with van der Waals surface area (Å²) in [5.41, 5.74) is 0. The van der Waals surface area contributed by atoms with Gasteiger partial charge in [-0.05, 0) is 40.5 Å². The van der Waals surface area contributed by atoms with E-state index in [1.54, 1.807) is 0 Å². The molecule has 0 spiro atoms. The van der Waals surface area contributed by atoms with Crippen LogP contribution in [0.2, 0.25) is 0 Å². The van der Waals surface area contributed by atoms with E-state index in [-0.39, 0.29) is 0 Å². The lowest BCUT2D eigenvalue weighted by atomic mass is 9.98. The van der Waals surface area contributed by atoms with Gasteiger partial charge in [0.25, 0.3) is 0 Å². The minimum absolute atomic E-state index is 0.771. The molecule has 0 rings (SSSR count). The van der Waals surface area contributed by atoms with Crippen LogP contribution in [0.4, 0.5) is 48.3 Å². The lowest BCUT2D eigenvalue weighted by Crippen LogP contribution is -2.64. The van der Waals surface area contributed by atoms with Crippen LogP contribution in [0.15, 0.2) is 0 Å². The number of hydrogen-bond acceptors (Lipinski definition) is 3. The molecule has 0 saturated heterocycles. The quantitative estimate of drug-likeness (QED) is 0.115. The molecular formula is C18H30F11NO3S. The van der Waals surface area contributed by atoms with Gasteiger partial charge in [-0.15, -0.1) is 0 Å². The Bertz CT molecular complexity index is 689. The van der Waals surface area contributed by atoms with E-state index >= 15 is 0 Å². The standard InChI is InChI=1S/C10H11F11O3S.C8H20N/c11-6(12,4-2-1-3-5-7(13,14)15)8(16,17)9(18,19)10(20,21)25(22,23)24;1-5-9(6-2,7-3)8-4/h1-5H2,(H,22,23,24);5-8H2,1-4H3/q;+1/p-1. The highest BCUT2D eigenvalue weighted by Crippen LogP contribution is 2.55. The van der Waals surface area contributed by atoms with Gasteiger partial charge in [0.05, 0.1) is 26.2 Å². The van der Waals surface area contributed by atoms with Crippen molar-refractivity contribution in [2.75, 3.05) is 26.2 Å². The van der Waals surface area contributed by atoms with Crippen LogP contribution in [0.5, 0.6) is 0 Å². The Morgan fingerprint density at radius 3 is 1.24 bits per heavy atom. The SMILES string of the molecule is CC[N+](CC)(CC)CC.O=S(=O)([O-])C(F)(F)C(F)(F)C(F)(F)C(F)(F)CCCCCC(F)(F)F. The van der Waals surface area contributed by atoms with Gasteiger partial charge in [0.15, 0.2) is 10.1 Å². The van der Waals surface area contributed by atoms with Crippen LogP contribution in [-0.4, -0.2) is 72.8 Å². The first-order chi connectivity index (χ1) is 14.9. The third-order valence-corrected chi connectivity index (χ3v) is 6.55. The lowest BCUT2D eigenvalue weighted by molar-refractivity contribution is -0.921. The van der Waals surface area contributed by atoms with Crippen LogP contribution >= 0.6 is 0 Å². The summed E-state index contributed by atoms with van der Waals surface area (Å²) < 4.78 is 171. The Morgan fingerprint density at radius 2 is 0.971 bits per heavy atom. The van der Waals surface area contributed by atoms with Gasteiger partial charge in [-0.25, -0.2) is 8.42 Å². The smallest absolute Gasteiger partial charge is 0.402 e. The summed E-state index contributed by atoms with van der Waals surface area (Å²) in [7, 11) is -7.42. The number of rotatable bonds is 13. The van der Waals surface area contributed by atoms with Gasteiger partial charge in [-0.2, -0.15) is 48.3 Å². The molecular weight excluding hydrogens is 519 g/mol. The van der Waals surface area contributed by atoms with Crippen molar-refractivity contribution in [3.05, 3.63) is 0 Å². The molecule has 0 bridgehead atoms. The zero-order valence-corrected chi connectivity index (χ0v) is 19.9. The van der Waals surface area contributed by atoms with Crippen LogP contribution in [-0.2, 0) is 10.1 Å². The van der Waals surface area contributed by atoms with Gasteiger partial charge in [-0.1, -0.05) is 6.42 Å². The van der Waals surface area contributed by atoms with Gasteiger partial charge in [0.1, 0.15) is 0 Å². The van der Waals surface area contributed by atoms with E-state index in [9.17, 15) is 61.3 Å². The van der Waals surface area contributed by atoms with Gasteiger partial charge in [0, 0.05) is 12.8 Å². The molecule has 208 valence electrons. The molecule has 0 aliphatic rings. The lowest BCUT2D eigenvalue weighted by Gasteiger charge is -2.37. The maximum absolute atomic E-state index is 13.2. The fraction of sp³-hybridized carbons (Fsp3) is 1.00. The van der Waals surface area contributed by atoms with E-state index in [4.69, 9.17) is 0 Å². The number of quaternary nitrogens is 1.